The molecule has 0 unspecified atom stereocenters. The Morgan fingerprint density at radius 1 is 1.06 bits per heavy atom. The second-order valence-corrected chi connectivity index (χ2v) is 8.50. The summed E-state index contributed by atoms with van der Waals surface area (Å²) < 4.78 is 9.13. The van der Waals surface area contributed by atoms with Crippen molar-refractivity contribution >= 4 is 29.2 Å². The highest BCUT2D eigenvalue weighted by Gasteiger charge is 2.27. The molecule has 4 aromatic rings. The number of amides is 2. The zero-order valence-electron chi connectivity index (χ0n) is 19.0. The molecular formula is C25H21ClN6O4. The summed E-state index contributed by atoms with van der Waals surface area (Å²) in [5.41, 5.74) is 6.32. The van der Waals surface area contributed by atoms with E-state index in [9.17, 15) is 14.4 Å². The van der Waals surface area contributed by atoms with E-state index in [0.29, 0.717) is 30.1 Å². The molecule has 1 aromatic carbocycles. The molecule has 182 valence electrons. The largest absolute Gasteiger partial charge is 0.454 e. The van der Waals surface area contributed by atoms with Crippen LogP contribution in [0.5, 0.6) is 11.5 Å². The maximum atomic E-state index is 13.3. The fourth-order valence-corrected chi connectivity index (χ4v) is 4.43. The summed E-state index contributed by atoms with van der Waals surface area (Å²) in [6, 6.07) is 13.9. The molecule has 10 nitrogen and oxygen atoms in total. The van der Waals surface area contributed by atoms with E-state index in [0.717, 1.165) is 12.8 Å². The minimum absolute atomic E-state index is 0.0180. The summed E-state index contributed by atoms with van der Waals surface area (Å²) in [6.07, 6.45) is 5.20. The number of halogens is 1. The van der Waals surface area contributed by atoms with Crippen LogP contribution >= 0.6 is 11.6 Å². The van der Waals surface area contributed by atoms with Crippen LogP contribution in [0.3, 0.4) is 0 Å². The van der Waals surface area contributed by atoms with Gasteiger partial charge in [-0.05, 0) is 43.5 Å². The number of hydrogen-bond acceptors (Lipinski definition) is 6. The number of anilines is 1. The van der Waals surface area contributed by atoms with Crippen LogP contribution in [-0.2, 0) is 13.0 Å². The van der Waals surface area contributed by atoms with Crippen molar-refractivity contribution < 1.29 is 14.3 Å². The van der Waals surface area contributed by atoms with Gasteiger partial charge in [0.25, 0.3) is 17.4 Å². The van der Waals surface area contributed by atoms with Gasteiger partial charge in [-0.1, -0.05) is 29.8 Å². The zero-order chi connectivity index (χ0) is 25.2. The summed E-state index contributed by atoms with van der Waals surface area (Å²) in [7, 11) is 0. The molecule has 11 heteroatoms. The molecule has 0 bridgehead atoms. The van der Waals surface area contributed by atoms with Gasteiger partial charge in [0.15, 0.2) is 0 Å². The number of primary amides is 1. The van der Waals surface area contributed by atoms with Gasteiger partial charge in [-0.25, -0.2) is 14.6 Å². The first kappa shape index (κ1) is 23.3. The minimum atomic E-state index is -0.777. The normalized spacial score (nSPS) is 12.6. The molecule has 1 aliphatic rings. The Labute approximate surface area is 210 Å². The lowest BCUT2D eigenvalue weighted by atomic mass is 10.1. The van der Waals surface area contributed by atoms with Crippen molar-refractivity contribution in [2.75, 3.05) is 5.32 Å². The number of carbonyl (C=O) groups excluding carboxylic acids is 2. The summed E-state index contributed by atoms with van der Waals surface area (Å²) in [6.45, 7) is 0.659. The van der Waals surface area contributed by atoms with Crippen molar-refractivity contribution in [1.29, 1.82) is 0 Å². The average Bonchev–Trinajstić information content (AvgIpc) is 3.18. The topological polar surface area (TPSA) is 134 Å². The number of nitrogens with one attached hydrogen (secondary N) is 1. The minimum Gasteiger partial charge on any atom is -0.454 e. The number of fused-ring (bicyclic) bond motifs is 1. The van der Waals surface area contributed by atoms with Crippen molar-refractivity contribution in [3.05, 3.63) is 93.3 Å². The number of nitrogens with zero attached hydrogens (tertiary/aromatic N) is 4. The average molecular weight is 505 g/mol. The van der Waals surface area contributed by atoms with Gasteiger partial charge in [-0.3, -0.25) is 19.1 Å². The van der Waals surface area contributed by atoms with Crippen LogP contribution < -0.4 is 21.3 Å². The Kier molecular flexibility index (Phi) is 6.26. The Hall–Kier alpha value is -4.44. The number of rotatable bonds is 6. The van der Waals surface area contributed by atoms with Crippen molar-refractivity contribution in [3.8, 4) is 17.2 Å². The number of ether oxygens (including phenoxy) is 1. The monoisotopic (exact) mass is 504 g/mol. The molecule has 0 radical (unpaired) electrons. The lowest BCUT2D eigenvalue weighted by molar-refractivity contribution is 0.0993. The molecule has 0 spiro atoms. The van der Waals surface area contributed by atoms with Gasteiger partial charge in [0.05, 0.1) is 17.6 Å². The smallest absolute Gasteiger partial charge is 0.284 e. The zero-order valence-corrected chi connectivity index (χ0v) is 19.7. The molecule has 36 heavy (non-hydrogen) atoms. The number of pyridine rings is 2. The molecule has 1 aliphatic heterocycles. The second kappa shape index (κ2) is 9.67. The van der Waals surface area contributed by atoms with Gasteiger partial charge in [0, 0.05) is 18.8 Å². The Balaban J connectivity index is 1.39. The summed E-state index contributed by atoms with van der Waals surface area (Å²) in [4.78, 5) is 46.0. The van der Waals surface area contributed by atoms with Gasteiger partial charge < -0.3 is 15.8 Å². The van der Waals surface area contributed by atoms with E-state index in [1.807, 2.05) is 35.0 Å². The van der Waals surface area contributed by atoms with E-state index in [-0.39, 0.29) is 33.4 Å². The molecule has 0 saturated carbocycles. The molecule has 2 amide bonds. The second-order valence-electron chi connectivity index (χ2n) is 8.13. The van der Waals surface area contributed by atoms with Crippen LogP contribution in [-0.4, -0.2) is 31.1 Å². The molecule has 4 heterocycles. The van der Waals surface area contributed by atoms with E-state index in [4.69, 9.17) is 22.1 Å². The molecular weight excluding hydrogens is 484 g/mol. The first-order valence-electron chi connectivity index (χ1n) is 11.2. The first-order chi connectivity index (χ1) is 17.4. The van der Waals surface area contributed by atoms with Crippen molar-refractivity contribution in [3.63, 3.8) is 0 Å². The predicted molar refractivity (Wildman–Crippen MR) is 133 cm³/mol. The Morgan fingerprint density at radius 2 is 1.86 bits per heavy atom. The van der Waals surface area contributed by atoms with E-state index in [1.54, 1.807) is 10.7 Å². The maximum absolute atomic E-state index is 13.3. The molecule has 0 aliphatic carbocycles. The number of hydrogen-bond donors (Lipinski definition) is 2. The fraction of sp³-hybridized carbons (Fsp3) is 0.160. The predicted octanol–water partition coefficient (Wildman–Crippen LogP) is 3.56. The van der Waals surface area contributed by atoms with E-state index >= 15 is 0 Å². The third kappa shape index (κ3) is 4.34. The standard InChI is InChI=1S/C25H21ClN6O4/c26-21-18(11-12-28-22(21)23(27)33)36-16-9-10-19(29-14-16)30-24(34)20-17-8-4-5-13-31(17)32(25(20)35)15-6-2-1-3-7-15/h1-3,6-7,9-12,14H,4-5,8,13H2,(H2,27,33)(H,29,30,34). The highest BCUT2D eigenvalue weighted by Crippen LogP contribution is 2.31. The highest BCUT2D eigenvalue weighted by atomic mass is 35.5. The number of para-hydroxylation sites is 1. The quantitative estimate of drug-likeness (QED) is 0.412. The van der Waals surface area contributed by atoms with Crippen LogP contribution in [0, 0.1) is 0 Å². The van der Waals surface area contributed by atoms with E-state index in [1.165, 1.54) is 24.5 Å². The number of carbonyl (C=O) groups is 2. The van der Waals surface area contributed by atoms with Gasteiger partial charge >= 0.3 is 0 Å². The molecule has 0 saturated heterocycles. The SMILES string of the molecule is NC(=O)c1nccc(Oc2ccc(NC(=O)c3c4n(n(-c5ccccc5)c3=O)CCCC4)nc2)c1Cl. The summed E-state index contributed by atoms with van der Waals surface area (Å²) >= 11 is 6.14. The Bertz CT molecular complexity index is 1510. The van der Waals surface area contributed by atoms with Crippen LogP contribution in [0.4, 0.5) is 5.82 Å². The maximum Gasteiger partial charge on any atom is 0.284 e. The molecule has 0 atom stereocenters. The number of nitrogens with two attached hydrogens (primary N) is 1. The lowest BCUT2D eigenvalue weighted by Gasteiger charge is -2.19. The summed E-state index contributed by atoms with van der Waals surface area (Å²) in [5.74, 6) is -0.567. The molecule has 3 aromatic heterocycles. The third-order valence-corrected chi connectivity index (χ3v) is 6.17. The van der Waals surface area contributed by atoms with Gasteiger partial charge in [-0.15, -0.1) is 0 Å². The van der Waals surface area contributed by atoms with Crippen molar-refractivity contribution in [1.82, 2.24) is 19.3 Å². The van der Waals surface area contributed by atoms with E-state index < -0.39 is 11.8 Å². The van der Waals surface area contributed by atoms with Crippen LogP contribution in [0.15, 0.2) is 65.7 Å². The summed E-state index contributed by atoms with van der Waals surface area (Å²) in [5, 5.41) is 2.69. The van der Waals surface area contributed by atoms with Crippen LogP contribution in [0.2, 0.25) is 5.02 Å². The fourth-order valence-electron chi connectivity index (χ4n) is 4.18. The van der Waals surface area contributed by atoms with Crippen molar-refractivity contribution in [2.45, 2.75) is 25.8 Å². The van der Waals surface area contributed by atoms with Gasteiger partial charge in [-0.2, -0.15) is 0 Å². The number of benzene rings is 1. The molecule has 5 rings (SSSR count). The lowest BCUT2D eigenvalue weighted by Crippen LogP contribution is -2.26. The molecule has 0 fully saturated rings. The van der Waals surface area contributed by atoms with Crippen LogP contribution in [0.25, 0.3) is 5.69 Å². The number of aromatic nitrogens is 4. The Morgan fingerprint density at radius 3 is 2.58 bits per heavy atom. The van der Waals surface area contributed by atoms with Gasteiger partial charge in [0.2, 0.25) is 0 Å². The van der Waals surface area contributed by atoms with E-state index in [2.05, 4.69) is 15.3 Å². The highest BCUT2D eigenvalue weighted by molar-refractivity contribution is 6.34. The molecule has 3 N–H and O–H groups in total. The first-order valence-corrected chi connectivity index (χ1v) is 11.6. The third-order valence-electron chi connectivity index (χ3n) is 5.80. The van der Waals surface area contributed by atoms with Crippen LogP contribution in [0.1, 0.15) is 39.4 Å². The van der Waals surface area contributed by atoms with Crippen molar-refractivity contribution in [2.24, 2.45) is 5.73 Å². The van der Waals surface area contributed by atoms with Gasteiger partial charge in [0.1, 0.15) is 33.6 Å².